The predicted octanol–water partition coefficient (Wildman–Crippen LogP) is 2.65. The number of nitrogens with one attached hydrogen (secondary N) is 1. The summed E-state index contributed by atoms with van der Waals surface area (Å²) in [6.45, 7) is 0.0317. The van der Waals surface area contributed by atoms with Crippen LogP contribution >= 0.6 is 0 Å². The number of hydrogen-bond donors (Lipinski definition) is 2. The molecule has 7 heteroatoms. The van der Waals surface area contributed by atoms with Crippen LogP contribution in [-0.2, 0) is 6.61 Å². The largest absolute Gasteiger partial charge is 0.491 e. The molecule has 0 unspecified atom stereocenters. The number of urea groups is 1. The van der Waals surface area contributed by atoms with Crippen molar-refractivity contribution in [3.05, 3.63) is 59.2 Å². The van der Waals surface area contributed by atoms with E-state index in [2.05, 4.69) is 5.32 Å². The summed E-state index contributed by atoms with van der Waals surface area (Å²) < 4.78 is 38.0. The molecule has 120 valence electrons. The monoisotopic (exact) mass is 320 g/mol. The van der Waals surface area contributed by atoms with E-state index in [0.29, 0.717) is 11.5 Å². The first-order chi connectivity index (χ1) is 11.0. The van der Waals surface area contributed by atoms with E-state index in [1.165, 1.54) is 18.2 Å². The average Bonchev–Trinajstić information content (AvgIpc) is 2.88. The van der Waals surface area contributed by atoms with E-state index in [4.69, 9.17) is 15.2 Å². The second-order valence-corrected chi connectivity index (χ2v) is 5.06. The number of carbonyl (C=O) groups excluding carboxylic acids is 1. The van der Waals surface area contributed by atoms with E-state index in [1.54, 1.807) is 18.2 Å². The maximum atomic E-state index is 13.5. The molecule has 23 heavy (non-hydrogen) atoms. The van der Waals surface area contributed by atoms with Crippen molar-refractivity contribution in [1.29, 1.82) is 0 Å². The first-order valence-electron chi connectivity index (χ1n) is 6.93. The summed E-state index contributed by atoms with van der Waals surface area (Å²) in [7, 11) is 0. The predicted molar refractivity (Wildman–Crippen MR) is 78.1 cm³/mol. The number of amides is 2. The maximum absolute atomic E-state index is 13.5. The smallest absolute Gasteiger partial charge is 0.312 e. The van der Waals surface area contributed by atoms with Crippen molar-refractivity contribution in [3.63, 3.8) is 0 Å². The lowest BCUT2D eigenvalue weighted by Gasteiger charge is -2.11. The van der Waals surface area contributed by atoms with Crippen molar-refractivity contribution in [3.8, 4) is 11.5 Å². The average molecular weight is 320 g/mol. The topological polar surface area (TPSA) is 73.6 Å². The molecule has 1 atom stereocenters. The van der Waals surface area contributed by atoms with Crippen molar-refractivity contribution < 1.29 is 23.0 Å². The number of halogens is 2. The summed E-state index contributed by atoms with van der Waals surface area (Å²) in [5.41, 5.74) is 5.73. The van der Waals surface area contributed by atoms with Crippen LogP contribution in [0.2, 0.25) is 0 Å². The van der Waals surface area contributed by atoms with Crippen LogP contribution in [0.4, 0.5) is 13.6 Å². The lowest BCUT2D eigenvalue weighted by molar-refractivity contribution is 0.240. The molecule has 3 N–H and O–H groups in total. The third-order valence-corrected chi connectivity index (χ3v) is 3.53. The van der Waals surface area contributed by atoms with Gasteiger partial charge in [-0.2, -0.15) is 0 Å². The van der Waals surface area contributed by atoms with E-state index in [1.807, 2.05) is 0 Å². The Hall–Kier alpha value is -2.83. The molecule has 5 nitrogen and oxygen atoms in total. The summed E-state index contributed by atoms with van der Waals surface area (Å²) in [6, 6.07) is 7.65. The van der Waals surface area contributed by atoms with Crippen LogP contribution in [0.25, 0.3) is 0 Å². The van der Waals surface area contributed by atoms with Gasteiger partial charge in [0.1, 0.15) is 36.3 Å². The summed E-state index contributed by atoms with van der Waals surface area (Å²) in [6.07, 6.45) is 0. The number of carbonyl (C=O) groups is 1. The normalized spacial score (nSPS) is 15.7. The Labute approximate surface area is 131 Å². The zero-order chi connectivity index (χ0) is 16.4. The Morgan fingerprint density at radius 3 is 2.74 bits per heavy atom. The van der Waals surface area contributed by atoms with Crippen molar-refractivity contribution in [2.45, 2.75) is 12.6 Å². The number of rotatable bonds is 4. The number of fused-ring (bicyclic) bond motifs is 1. The molecule has 3 rings (SSSR count). The van der Waals surface area contributed by atoms with E-state index in [-0.39, 0.29) is 24.8 Å². The first kappa shape index (κ1) is 15.1. The Morgan fingerprint density at radius 1 is 1.30 bits per heavy atom. The number of ether oxygens (including phenoxy) is 2. The summed E-state index contributed by atoms with van der Waals surface area (Å²) >= 11 is 0. The zero-order valence-electron chi connectivity index (χ0n) is 12.0. The maximum Gasteiger partial charge on any atom is 0.312 e. The minimum absolute atomic E-state index is 0.137. The molecular weight excluding hydrogens is 306 g/mol. The van der Waals surface area contributed by atoms with Gasteiger partial charge in [0.15, 0.2) is 0 Å². The molecule has 0 saturated carbocycles. The molecule has 0 bridgehead atoms. The summed E-state index contributed by atoms with van der Waals surface area (Å²) in [4.78, 5) is 10.9. The lowest BCUT2D eigenvalue weighted by Crippen LogP contribution is -2.33. The SMILES string of the molecule is NC(=O)N[C@@H]1COc2cc(OCc3c(F)cccc3F)ccc21. The van der Waals surface area contributed by atoms with Gasteiger partial charge in [-0.25, -0.2) is 13.6 Å². The van der Waals surface area contributed by atoms with E-state index >= 15 is 0 Å². The fourth-order valence-corrected chi connectivity index (χ4v) is 2.40. The number of hydrogen-bond acceptors (Lipinski definition) is 3. The van der Waals surface area contributed by atoms with Crippen LogP contribution in [0, 0.1) is 11.6 Å². The van der Waals surface area contributed by atoms with Gasteiger partial charge in [-0.1, -0.05) is 6.07 Å². The molecule has 1 aliphatic heterocycles. The molecule has 2 aromatic rings. The van der Waals surface area contributed by atoms with Crippen molar-refractivity contribution in [1.82, 2.24) is 5.32 Å². The molecule has 0 aromatic heterocycles. The van der Waals surface area contributed by atoms with Gasteiger partial charge < -0.3 is 20.5 Å². The lowest BCUT2D eigenvalue weighted by atomic mass is 10.1. The minimum Gasteiger partial charge on any atom is -0.491 e. The van der Waals surface area contributed by atoms with Gasteiger partial charge in [0.05, 0.1) is 11.6 Å². The summed E-state index contributed by atoms with van der Waals surface area (Å²) in [5.74, 6) is -0.373. The Bertz CT molecular complexity index is 732. The Morgan fingerprint density at radius 2 is 2.04 bits per heavy atom. The van der Waals surface area contributed by atoms with Gasteiger partial charge in [0.2, 0.25) is 0 Å². The zero-order valence-corrected chi connectivity index (χ0v) is 12.0. The molecule has 2 amide bonds. The fraction of sp³-hybridized carbons (Fsp3) is 0.188. The van der Waals surface area contributed by atoms with E-state index < -0.39 is 17.7 Å². The first-order valence-corrected chi connectivity index (χ1v) is 6.93. The second-order valence-electron chi connectivity index (χ2n) is 5.06. The highest BCUT2D eigenvalue weighted by molar-refractivity contribution is 5.72. The van der Waals surface area contributed by atoms with Gasteiger partial charge in [0.25, 0.3) is 0 Å². The van der Waals surface area contributed by atoms with E-state index in [9.17, 15) is 13.6 Å². The molecule has 0 saturated heterocycles. The van der Waals surface area contributed by atoms with Crippen LogP contribution < -0.4 is 20.5 Å². The van der Waals surface area contributed by atoms with E-state index in [0.717, 1.165) is 5.56 Å². The van der Waals surface area contributed by atoms with Crippen LogP contribution in [0.3, 0.4) is 0 Å². The highest BCUT2D eigenvalue weighted by Crippen LogP contribution is 2.35. The third-order valence-electron chi connectivity index (χ3n) is 3.53. The molecular formula is C16H14F2N2O3. The van der Waals surface area contributed by atoms with Crippen LogP contribution in [0.15, 0.2) is 36.4 Å². The minimum atomic E-state index is -0.659. The standard InChI is InChI=1S/C16H14F2N2O3/c17-12-2-1-3-13(18)11(12)7-22-9-4-5-10-14(20-16(19)21)8-23-15(10)6-9/h1-6,14H,7-8H2,(H3,19,20,21)/t14-/m1/s1. The van der Waals surface area contributed by atoms with Crippen LogP contribution in [-0.4, -0.2) is 12.6 Å². The molecule has 1 heterocycles. The van der Waals surface area contributed by atoms with Crippen molar-refractivity contribution >= 4 is 6.03 Å². The second kappa shape index (κ2) is 6.12. The number of benzene rings is 2. The summed E-state index contributed by atoms with van der Waals surface area (Å²) in [5, 5.41) is 2.56. The molecule has 2 aromatic carbocycles. The van der Waals surface area contributed by atoms with Gasteiger partial charge in [-0.05, 0) is 24.3 Å². The van der Waals surface area contributed by atoms with Crippen LogP contribution in [0.1, 0.15) is 17.2 Å². The van der Waals surface area contributed by atoms with Gasteiger partial charge in [-0.15, -0.1) is 0 Å². The highest BCUT2D eigenvalue weighted by Gasteiger charge is 2.25. The molecule has 0 fully saturated rings. The number of nitrogens with two attached hydrogens (primary N) is 1. The van der Waals surface area contributed by atoms with Gasteiger partial charge in [-0.3, -0.25) is 0 Å². The van der Waals surface area contributed by atoms with Crippen LogP contribution in [0.5, 0.6) is 11.5 Å². The third kappa shape index (κ3) is 3.18. The molecule has 0 spiro atoms. The molecule has 1 aliphatic rings. The Kier molecular flexibility index (Phi) is 4.01. The fourth-order valence-electron chi connectivity index (χ4n) is 2.40. The molecule has 0 aliphatic carbocycles. The highest BCUT2D eigenvalue weighted by atomic mass is 19.1. The van der Waals surface area contributed by atoms with Crippen molar-refractivity contribution in [2.75, 3.05) is 6.61 Å². The van der Waals surface area contributed by atoms with Gasteiger partial charge in [0, 0.05) is 11.6 Å². The number of primary amides is 1. The molecule has 0 radical (unpaired) electrons. The Balaban J connectivity index is 1.72. The van der Waals surface area contributed by atoms with Gasteiger partial charge >= 0.3 is 6.03 Å². The van der Waals surface area contributed by atoms with Crippen molar-refractivity contribution in [2.24, 2.45) is 5.73 Å². The quantitative estimate of drug-likeness (QED) is 0.909.